The topological polar surface area (TPSA) is 19.6 Å². The fraction of sp³-hybridized carbons (Fsp3) is 0.188. The van der Waals surface area contributed by atoms with Gasteiger partial charge < -0.3 is 14.1 Å². The van der Waals surface area contributed by atoms with Crippen LogP contribution in [0.1, 0.15) is 100 Å². The summed E-state index contributed by atoms with van der Waals surface area (Å²) in [6.07, 6.45) is 2.25. The van der Waals surface area contributed by atoms with Crippen LogP contribution in [-0.4, -0.2) is 6.85 Å². The second-order valence-corrected chi connectivity index (χ2v) is 24.9. The van der Waals surface area contributed by atoms with Gasteiger partial charge in [-0.15, -0.1) is 11.3 Å². The van der Waals surface area contributed by atoms with Crippen molar-refractivity contribution in [2.45, 2.75) is 83.0 Å². The molecule has 0 N–H and O–H groups in total. The van der Waals surface area contributed by atoms with Crippen molar-refractivity contribution in [2.75, 3.05) is 9.71 Å². The molecule has 0 unspecified atom stereocenters. The number of furan rings is 1. The van der Waals surface area contributed by atoms with Crippen molar-refractivity contribution >= 4 is 88.9 Å². The molecule has 0 amide bonds. The smallest absolute Gasteiger partial charge is 0.375 e. The van der Waals surface area contributed by atoms with Crippen molar-refractivity contribution in [1.82, 2.24) is 0 Å². The van der Waals surface area contributed by atoms with Crippen molar-refractivity contribution in [3.8, 4) is 22.3 Å². The maximum absolute atomic E-state index is 7.89. The molecule has 0 fully saturated rings. The molecule has 11 aromatic rings. The minimum absolute atomic E-state index is 0.000455. The number of para-hydroxylation sites is 2. The van der Waals surface area contributed by atoms with E-state index in [4.69, 9.17) is 4.42 Å². The van der Waals surface area contributed by atoms with Crippen LogP contribution in [0.5, 0.6) is 0 Å². The first-order chi connectivity index (χ1) is 35.8. The van der Waals surface area contributed by atoms with E-state index in [1.54, 1.807) is 0 Å². The zero-order valence-electron chi connectivity index (χ0n) is 43.2. The number of fused-ring (bicyclic) bond motifs is 13. The van der Waals surface area contributed by atoms with Crippen molar-refractivity contribution in [2.24, 2.45) is 0 Å². The summed E-state index contributed by atoms with van der Waals surface area (Å²) in [6, 6.07) is 73.9. The molecule has 0 spiro atoms. The predicted octanol–water partition coefficient (Wildman–Crippen LogP) is 17.5. The Balaban J connectivity index is 1.15. The van der Waals surface area contributed by atoms with Gasteiger partial charge in [-0.3, -0.25) is 0 Å². The molecule has 3 aliphatic heterocycles. The average molecular weight is 973 g/mol. The molecule has 1 aliphatic carbocycles. The molecule has 15 rings (SSSR count). The molecule has 0 saturated heterocycles. The van der Waals surface area contributed by atoms with Crippen molar-refractivity contribution in [3.05, 3.63) is 233 Å². The highest BCUT2D eigenvalue weighted by atomic mass is 32.1. The normalized spacial score (nSPS) is 16.4. The van der Waals surface area contributed by atoms with E-state index in [9.17, 15) is 0 Å². The van der Waals surface area contributed by atoms with E-state index in [0.29, 0.717) is 0 Å². The van der Waals surface area contributed by atoms with Crippen LogP contribution in [0.3, 0.4) is 0 Å². The van der Waals surface area contributed by atoms with Gasteiger partial charge in [0.15, 0.2) is 0 Å². The van der Waals surface area contributed by atoms with Crippen LogP contribution < -0.4 is 20.8 Å². The molecule has 2 aromatic heterocycles. The minimum atomic E-state index is -0.626. The van der Waals surface area contributed by atoms with Gasteiger partial charge in [0.05, 0.1) is 16.8 Å². The van der Waals surface area contributed by atoms with E-state index < -0.39 is 5.41 Å². The van der Waals surface area contributed by atoms with Gasteiger partial charge in [0.25, 0.3) is 0 Å². The average Bonchev–Trinajstić information content (AvgIpc) is 3.99. The molecule has 3 nitrogen and oxygen atoms in total. The quantitative estimate of drug-likeness (QED) is 0.164. The van der Waals surface area contributed by atoms with Crippen LogP contribution in [0, 0.1) is 0 Å². The molecule has 9 aromatic carbocycles. The van der Waals surface area contributed by atoms with Gasteiger partial charge >= 0.3 is 6.85 Å². The van der Waals surface area contributed by atoms with Gasteiger partial charge in [-0.25, -0.2) is 0 Å². The monoisotopic (exact) mass is 972 g/mol. The number of hydrogen-bond donors (Lipinski definition) is 0. The Hall–Kier alpha value is -7.60. The van der Waals surface area contributed by atoms with E-state index in [1.807, 2.05) is 11.3 Å². The number of anilines is 5. The highest BCUT2D eigenvalue weighted by Crippen LogP contribution is 2.62. The fourth-order valence-electron chi connectivity index (χ4n) is 14.0. The third-order valence-corrected chi connectivity index (χ3v) is 18.8. The van der Waals surface area contributed by atoms with Gasteiger partial charge in [-0.2, -0.15) is 0 Å². The zero-order valence-corrected chi connectivity index (χ0v) is 44.0. The summed E-state index contributed by atoms with van der Waals surface area (Å²) in [6.45, 7) is 16.4. The molecule has 0 bridgehead atoms. The predicted molar refractivity (Wildman–Crippen MR) is 314 cm³/mol. The molecule has 0 saturated carbocycles. The molecule has 74 heavy (non-hydrogen) atoms. The minimum Gasteiger partial charge on any atom is -0.466 e. The van der Waals surface area contributed by atoms with E-state index in [-0.39, 0.29) is 23.1 Å². The molecule has 5 heteroatoms. The third-order valence-electron chi connectivity index (χ3n) is 17.7. The first kappa shape index (κ1) is 43.9. The molecule has 4 aliphatic rings. The summed E-state index contributed by atoms with van der Waals surface area (Å²) in [7, 11) is 0. The Morgan fingerprint density at radius 2 is 1.15 bits per heavy atom. The number of nitrogens with zero attached hydrogens (tertiary/aromatic N) is 2. The van der Waals surface area contributed by atoms with Gasteiger partial charge in [0.2, 0.25) is 0 Å². The third kappa shape index (κ3) is 5.85. The van der Waals surface area contributed by atoms with E-state index in [1.165, 1.54) is 109 Å². The van der Waals surface area contributed by atoms with Gasteiger partial charge in [-0.05, 0) is 127 Å². The first-order valence-electron chi connectivity index (χ1n) is 26.6. The summed E-state index contributed by atoms with van der Waals surface area (Å²) in [5, 5.41) is 3.78. The Bertz CT molecular complexity index is 4100. The first-order valence-corrected chi connectivity index (χ1v) is 27.4. The Morgan fingerprint density at radius 3 is 1.86 bits per heavy atom. The van der Waals surface area contributed by atoms with Crippen LogP contribution in [-0.2, 0) is 21.7 Å². The molecular formula is C69H57BN2OS. The summed E-state index contributed by atoms with van der Waals surface area (Å²) < 4.78 is 10.5. The number of hydrogen-bond acceptors (Lipinski definition) is 4. The van der Waals surface area contributed by atoms with E-state index in [2.05, 4.69) is 252 Å². The van der Waals surface area contributed by atoms with Crippen LogP contribution in [0.2, 0.25) is 0 Å². The molecular weight excluding hydrogens is 916 g/mol. The number of benzene rings is 9. The maximum Gasteiger partial charge on any atom is 0.375 e. The van der Waals surface area contributed by atoms with Crippen LogP contribution >= 0.6 is 11.3 Å². The lowest BCUT2D eigenvalue weighted by Crippen LogP contribution is -2.62. The summed E-state index contributed by atoms with van der Waals surface area (Å²) in [5.74, 6) is 0. The standard InChI is InChI=1S/C69H57BN2OS/c1-66(2,3)45-34-35-54(48(38-45)42-22-11-8-12-23-42)71-56-41-59-60(46-28-17-20-33-58(46)74-59)61-47-29-21-31-51-63(47)72(55-32-19-18-30-50(55)69(51,43-24-13-9-14-25-43)44-26-15-10-16-27-44)70(62(56)61)65-64(71)49-39-52-53(40-57(49)73-65)68(6,7)37-36-67(52,4)5/h8-35,38-41H,36-37H2,1-7H3. The highest BCUT2D eigenvalue weighted by Gasteiger charge is 2.56. The van der Waals surface area contributed by atoms with Crippen LogP contribution in [0.25, 0.3) is 53.4 Å². The Labute approximate surface area is 438 Å². The summed E-state index contributed by atoms with van der Waals surface area (Å²) >= 11 is 1.92. The van der Waals surface area contributed by atoms with Gasteiger partial charge in [-0.1, -0.05) is 200 Å². The molecule has 5 heterocycles. The Kier molecular flexibility index (Phi) is 9.05. The second kappa shape index (κ2) is 15.2. The maximum atomic E-state index is 7.89. The lowest BCUT2D eigenvalue weighted by molar-refractivity contribution is 0.332. The Morgan fingerprint density at radius 1 is 0.514 bits per heavy atom. The summed E-state index contributed by atoms with van der Waals surface area (Å²) in [4.78, 5) is 5.36. The summed E-state index contributed by atoms with van der Waals surface area (Å²) in [5.41, 5.74) is 22.6. The van der Waals surface area contributed by atoms with Crippen molar-refractivity contribution in [3.63, 3.8) is 0 Å². The molecule has 0 atom stereocenters. The number of thiophene rings is 1. The fourth-order valence-corrected chi connectivity index (χ4v) is 15.2. The molecule has 358 valence electrons. The second-order valence-electron chi connectivity index (χ2n) is 23.8. The SMILES string of the molecule is CC(C)(C)c1ccc(N2c3cc4sc5ccccc5c4c4c3B(c3oc5cc6c(cc5c32)C(C)(C)CCC6(C)C)N2c3ccccc3C(c3ccccc3)(c3ccccc3)c3cccc-4c32)c(-c2ccccc2)c1. The number of rotatable bonds is 4. The van der Waals surface area contributed by atoms with E-state index in [0.717, 1.165) is 35.5 Å². The lowest BCUT2D eigenvalue weighted by Gasteiger charge is -2.52. The van der Waals surface area contributed by atoms with Gasteiger partial charge in [0.1, 0.15) is 11.2 Å². The molecule has 0 radical (unpaired) electrons. The lowest BCUT2D eigenvalue weighted by atomic mass is 9.44. The highest BCUT2D eigenvalue weighted by molar-refractivity contribution is 7.26. The van der Waals surface area contributed by atoms with Gasteiger partial charge in [0, 0.05) is 53.7 Å². The zero-order chi connectivity index (χ0) is 50.0. The van der Waals surface area contributed by atoms with Crippen molar-refractivity contribution in [1.29, 1.82) is 0 Å². The van der Waals surface area contributed by atoms with Crippen molar-refractivity contribution < 1.29 is 4.42 Å². The van der Waals surface area contributed by atoms with E-state index >= 15 is 0 Å². The largest absolute Gasteiger partial charge is 0.466 e. The van der Waals surface area contributed by atoms with Crippen LogP contribution in [0.4, 0.5) is 28.4 Å². The van der Waals surface area contributed by atoms with Crippen LogP contribution in [0.15, 0.2) is 199 Å².